The molecule has 0 saturated carbocycles. The monoisotopic (exact) mass is 355 g/mol. The van der Waals surface area contributed by atoms with Crippen LogP contribution in [-0.2, 0) is 19.4 Å². The van der Waals surface area contributed by atoms with Crippen LogP contribution in [0.4, 0.5) is 0 Å². The van der Waals surface area contributed by atoms with Crippen molar-refractivity contribution >= 4 is 21.7 Å². The number of esters is 1. The second-order valence-electron chi connectivity index (χ2n) is 5.62. The molecule has 1 saturated heterocycles. The van der Waals surface area contributed by atoms with E-state index in [0.29, 0.717) is 17.7 Å². The zero-order valence-corrected chi connectivity index (χ0v) is 14.5. The number of benzene rings is 1. The summed E-state index contributed by atoms with van der Waals surface area (Å²) in [5.41, 5.74) is 0.337. The SMILES string of the molecule is CCOC(=O)c1cccc(O[C@H](C)C(=O)N[C@H]2CCS(=O)(=O)C2)c1. The lowest BCUT2D eigenvalue weighted by atomic mass is 10.2. The fourth-order valence-electron chi connectivity index (χ4n) is 2.40. The average molecular weight is 355 g/mol. The van der Waals surface area contributed by atoms with E-state index in [9.17, 15) is 18.0 Å². The van der Waals surface area contributed by atoms with Crippen LogP contribution in [0.3, 0.4) is 0 Å². The Hall–Kier alpha value is -2.09. The molecule has 1 heterocycles. The molecule has 1 N–H and O–H groups in total. The van der Waals surface area contributed by atoms with Gasteiger partial charge in [-0.25, -0.2) is 13.2 Å². The van der Waals surface area contributed by atoms with Crippen LogP contribution in [0, 0.1) is 0 Å². The largest absolute Gasteiger partial charge is 0.481 e. The maximum atomic E-state index is 12.1. The summed E-state index contributed by atoms with van der Waals surface area (Å²) in [6.45, 7) is 3.55. The molecule has 1 aromatic carbocycles. The number of hydrogen-bond acceptors (Lipinski definition) is 6. The Morgan fingerprint density at radius 3 is 2.75 bits per heavy atom. The van der Waals surface area contributed by atoms with Crippen LogP contribution in [0.1, 0.15) is 30.6 Å². The fraction of sp³-hybridized carbons (Fsp3) is 0.500. The minimum Gasteiger partial charge on any atom is -0.481 e. The van der Waals surface area contributed by atoms with Crippen molar-refractivity contribution in [2.75, 3.05) is 18.1 Å². The van der Waals surface area contributed by atoms with Crippen molar-refractivity contribution in [2.24, 2.45) is 0 Å². The van der Waals surface area contributed by atoms with Crippen molar-refractivity contribution in [1.29, 1.82) is 0 Å². The van der Waals surface area contributed by atoms with Gasteiger partial charge < -0.3 is 14.8 Å². The Balaban J connectivity index is 1.94. The summed E-state index contributed by atoms with van der Waals surface area (Å²) in [6.07, 6.45) is -0.398. The zero-order chi connectivity index (χ0) is 17.7. The number of sulfone groups is 1. The number of rotatable bonds is 6. The van der Waals surface area contributed by atoms with E-state index < -0.39 is 27.8 Å². The molecule has 7 nitrogen and oxygen atoms in total. The van der Waals surface area contributed by atoms with Gasteiger partial charge in [0.2, 0.25) is 0 Å². The van der Waals surface area contributed by atoms with Gasteiger partial charge in [0.1, 0.15) is 5.75 Å². The van der Waals surface area contributed by atoms with Crippen LogP contribution in [0.2, 0.25) is 0 Å². The van der Waals surface area contributed by atoms with E-state index in [1.807, 2.05) is 0 Å². The van der Waals surface area contributed by atoms with Gasteiger partial charge in [-0.1, -0.05) is 6.07 Å². The van der Waals surface area contributed by atoms with Gasteiger partial charge in [-0.15, -0.1) is 0 Å². The molecular weight excluding hydrogens is 334 g/mol. The van der Waals surface area contributed by atoms with Crippen LogP contribution in [0.25, 0.3) is 0 Å². The van der Waals surface area contributed by atoms with Crippen LogP contribution in [0.15, 0.2) is 24.3 Å². The Morgan fingerprint density at radius 1 is 1.38 bits per heavy atom. The maximum Gasteiger partial charge on any atom is 0.338 e. The average Bonchev–Trinajstić information content (AvgIpc) is 2.86. The highest BCUT2D eigenvalue weighted by Gasteiger charge is 2.30. The van der Waals surface area contributed by atoms with Gasteiger partial charge in [-0.3, -0.25) is 4.79 Å². The highest BCUT2D eigenvalue weighted by molar-refractivity contribution is 7.91. The fourth-order valence-corrected chi connectivity index (χ4v) is 4.07. The van der Waals surface area contributed by atoms with E-state index >= 15 is 0 Å². The first kappa shape index (κ1) is 18.3. The van der Waals surface area contributed by atoms with E-state index in [1.165, 1.54) is 6.07 Å². The predicted octanol–water partition coefficient (Wildman–Crippen LogP) is 0.934. The minimum atomic E-state index is -3.05. The van der Waals surface area contributed by atoms with Crippen LogP contribution >= 0.6 is 0 Å². The molecule has 0 spiro atoms. The summed E-state index contributed by atoms with van der Waals surface area (Å²) in [5.74, 6) is -0.435. The number of nitrogens with one attached hydrogen (secondary N) is 1. The van der Waals surface area contributed by atoms with Gasteiger partial charge in [0.15, 0.2) is 15.9 Å². The summed E-state index contributed by atoms with van der Waals surface area (Å²) >= 11 is 0. The van der Waals surface area contributed by atoms with E-state index in [2.05, 4.69) is 5.32 Å². The van der Waals surface area contributed by atoms with Gasteiger partial charge in [-0.05, 0) is 38.5 Å². The number of amides is 1. The third-order valence-corrected chi connectivity index (χ3v) is 5.37. The Bertz CT molecular complexity index is 715. The molecule has 0 aromatic heterocycles. The molecule has 1 aromatic rings. The van der Waals surface area contributed by atoms with E-state index in [1.54, 1.807) is 32.0 Å². The van der Waals surface area contributed by atoms with Gasteiger partial charge in [0, 0.05) is 6.04 Å². The molecule has 0 bridgehead atoms. The van der Waals surface area contributed by atoms with E-state index in [4.69, 9.17) is 9.47 Å². The molecule has 24 heavy (non-hydrogen) atoms. The van der Waals surface area contributed by atoms with Gasteiger partial charge in [0.25, 0.3) is 5.91 Å². The maximum absolute atomic E-state index is 12.1. The molecule has 1 aliphatic rings. The molecule has 132 valence electrons. The van der Waals surface area contributed by atoms with Crippen LogP contribution < -0.4 is 10.1 Å². The van der Waals surface area contributed by atoms with Gasteiger partial charge >= 0.3 is 5.97 Å². The highest BCUT2D eigenvalue weighted by atomic mass is 32.2. The summed E-state index contributed by atoms with van der Waals surface area (Å²) in [6, 6.07) is 5.99. The first-order valence-electron chi connectivity index (χ1n) is 7.75. The number of hydrogen-bond donors (Lipinski definition) is 1. The summed E-state index contributed by atoms with van der Waals surface area (Å²) in [7, 11) is -3.05. The standard InChI is InChI=1S/C16H21NO6S/c1-3-22-16(19)12-5-4-6-14(9-12)23-11(2)15(18)17-13-7-8-24(20,21)10-13/h4-6,9,11,13H,3,7-8,10H2,1-2H3,(H,17,18)/t11-,13+/m1/s1. The van der Waals surface area contributed by atoms with Crippen LogP contribution in [-0.4, -0.2) is 50.6 Å². The van der Waals surface area contributed by atoms with Crippen molar-refractivity contribution in [3.05, 3.63) is 29.8 Å². The Labute approximate surface area is 141 Å². The molecule has 0 unspecified atom stereocenters. The lowest BCUT2D eigenvalue weighted by Gasteiger charge is -2.17. The number of carbonyl (C=O) groups is 2. The second-order valence-corrected chi connectivity index (χ2v) is 7.85. The first-order chi connectivity index (χ1) is 11.3. The van der Waals surface area contributed by atoms with Gasteiger partial charge in [-0.2, -0.15) is 0 Å². The Morgan fingerprint density at radius 2 is 2.12 bits per heavy atom. The van der Waals surface area contributed by atoms with Crippen molar-refractivity contribution in [3.8, 4) is 5.75 Å². The second kappa shape index (κ2) is 7.65. The van der Waals surface area contributed by atoms with Crippen molar-refractivity contribution in [3.63, 3.8) is 0 Å². The van der Waals surface area contributed by atoms with Crippen molar-refractivity contribution in [2.45, 2.75) is 32.4 Å². The summed E-state index contributed by atoms with van der Waals surface area (Å²) in [4.78, 5) is 23.8. The molecule has 8 heteroatoms. The summed E-state index contributed by atoms with van der Waals surface area (Å²) in [5, 5.41) is 2.68. The molecule has 2 atom stereocenters. The quantitative estimate of drug-likeness (QED) is 0.763. The number of ether oxygens (including phenoxy) is 2. The zero-order valence-electron chi connectivity index (χ0n) is 13.7. The third-order valence-electron chi connectivity index (χ3n) is 3.61. The van der Waals surface area contributed by atoms with E-state index in [-0.39, 0.29) is 24.2 Å². The van der Waals surface area contributed by atoms with Gasteiger partial charge in [0.05, 0.1) is 23.7 Å². The molecule has 2 rings (SSSR count). The lowest BCUT2D eigenvalue weighted by molar-refractivity contribution is -0.127. The first-order valence-corrected chi connectivity index (χ1v) is 9.57. The minimum absolute atomic E-state index is 0.0379. The lowest BCUT2D eigenvalue weighted by Crippen LogP contribution is -2.43. The number of carbonyl (C=O) groups excluding carboxylic acids is 2. The van der Waals surface area contributed by atoms with Crippen molar-refractivity contribution in [1.82, 2.24) is 5.32 Å². The Kier molecular flexibility index (Phi) is 5.82. The predicted molar refractivity (Wildman–Crippen MR) is 87.7 cm³/mol. The van der Waals surface area contributed by atoms with Crippen LogP contribution in [0.5, 0.6) is 5.75 Å². The molecule has 1 fully saturated rings. The van der Waals surface area contributed by atoms with Crippen molar-refractivity contribution < 1.29 is 27.5 Å². The van der Waals surface area contributed by atoms with E-state index in [0.717, 1.165) is 0 Å². The molecule has 0 aliphatic carbocycles. The molecule has 1 amide bonds. The molecule has 1 aliphatic heterocycles. The third kappa shape index (κ3) is 4.95. The molecule has 0 radical (unpaired) electrons. The topological polar surface area (TPSA) is 98.8 Å². The smallest absolute Gasteiger partial charge is 0.338 e. The normalized spacial score (nSPS) is 20.2. The molecular formula is C16H21NO6S. The highest BCUT2D eigenvalue weighted by Crippen LogP contribution is 2.17. The summed E-state index contributed by atoms with van der Waals surface area (Å²) < 4.78 is 33.3.